The van der Waals surface area contributed by atoms with Crippen LogP contribution in [0.25, 0.3) is 0 Å². The lowest BCUT2D eigenvalue weighted by Gasteiger charge is -2.23. The van der Waals surface area contributed by atoms with Crippen molar-refractivity contribution in [3.63, 3.8) is 0 Å². The molecule has 1 aliphatic rings. The number of carbonyl (C=O) groups excluding carboxylic acids is 1. The number of pyridine rings is 1. The van der Waals surface area contributed by atoms with E-state index in [1.807, 2.05) is 0 Å². The molecule has 1 aliphatic carbocycles. The Hall–Kier alpha value is -2.43. The Labute approximate surface area is 128 Å². The number of rotatable bonds is 4. The van der Waals surface area contributed by atoms with Gasteiger partial charge in [0.2, 0.25) is 11.8 Å². The van der Waals surface area contributed by atoms with Gasteiger partial charge in [-0.25, -0.2) is 9.37 Å². The van der Waals surface area contributed by atoms with Crippen molar-refractivity contribution in [2.45, 2.75) is 26.2 Å². The molecule has 1 fully saturated rings. The van der Waals surface area contributed by atoms with Gasteiger partial charge in [0.1, 0.15) is 11.6 Å². The minimum atomic E-state index is -0.269. The van der Waals surface area contributed by atoms with E-state index in [0.29, 0.717) is 22.9 Å². The zero-order chi connectivity index (χ0) is 15.5. The Morgan fingerprint density at radius 3 is 2.73 bits per heavy atom. The second-order valence-corrected chi connectivity index (χ2v) is 5.52. The van der Waals surface area contributed by atoms with E-state index in [0.717, 1.165) is 19.3 Å². The maximum Gasteiger partial charge on any atom is 0.227 e. The molecule has 0 unspecified atom stereocenters. The average molecular weight is 300 g/mol. The lowest BCUT2D eigenvalue weighted by atomic mass is 9.85. The highest BCUT2D eigenvalue weighted by Crippen LogP contribution is 2.28. The van der Waals surface area contributed by atoms with Crippen LogP contribution in [0.3, 0.4) is 0 Å². The monoisotopic (exact) mass is 300 g/mol. The summed E-state index contributed by atoms with van der Waals surface area (Å²) in [5, 5.41) is 2.84. The van der Waals surface area contributed by atoms with Crippen molar-refractivity contribution >= 4 is 11.6 Å². The van der Waals surface area contributed by atoms with Gasteiger partial charge in [0.15, 0.2) is 0 Å². The molecule has 4 nitrogen and oxygen atoms in total. The number of ether oxygens (including phenoxy) is 1. The third-order valence-corrected chi connectivity index (χ3v) is 3.83. The molecular weight excluding hydrogens is 283 g/mol. The van der Waals surface area contributed by atoms with Gasteiger partial charge in [-0.2, -0.15) is 0 Å². The lowest BCUT2D eigenvalue weighted by molar-refractivity contribution is -0.122. The van der Waals surface area contributed by atoms with Crippen LogP contribution in [0, 0.1) is 18.7 Å². The SMILES string of the molecule is Cc1cc(Oc2ccc(NC(=O)C3CCC3)cn2)ccc1F. The number of nitrogens with one attached hydrogen (secondary N) is 1. The molecule has 0 spiro atoms. The molecule has 0 radical (unpaired) electrons. The number of anilines is 1. The standard InChI is InChI=1S/C17H17FN2O2/c1-11-9-14(6-7-15(11)18)22-16-8-5-13(10-19-16)20-17(21)12-3-2-4-12/h5-10,12H,2-4H2,1H3,(H,20,21). The maximum atomic E-state index is 13.2. The normalized spacial score (nSPS) is 14.3. The van der Waals surface area contributed by atoms with E-state index >= 15 is 0 Å². The summed E-state index contributed by atoms with van der Waals surface area (Å²) in [4.78, 5) is 16.0. The van der Waals surface area contributed by atoms with Crippen molar-refractivity contribution < 1.29 is 13.9 Å². The first-order valence-corrected chi connectivity index (χ1v) is 7.33. The van der Waals surface area contributed by atoms with Crippen LogP contribution < -0.4 is 10.1 Å². The number of aromatic nitrogens is 1. The first-order chi connectivity index (χ1) is 10.6. The molecule has 0 atom stereocenters. The van der Waals surface area contributed by atoms with Gasteiger partial charge >= 0.3 is 0 Å². The number of hydrogen-bond donors (Lipinski definition) is 1. The highest BCUT2D eigenvalue weighted by molar-refractivity contribution is 5.92. The Bertz CT molecular complexity index is 682. The van der Waals surface area contributed by atoms with Crippen LogP contribution in [-0.4, -0.2) is 10.9 Å². The zero-order valence-corrected chi connectivity index (χ0v) is 12.3. The van der Waals surface area contributed by atoms with Crippen LogP contribution in [-0.2, 0) is 4.79 Å². The summed E-state index contributed by atoms with van der Waals surface area (Å²) in [6.45, 7) is 1.68. The molecule has 3 rings (SSSR count). The minimum Gasteiger partial charge on any atom is -0.439 e. The fraction of sp³-hybridized carbons (Fsp3) is 0.294. The van der Waals surface area contributed by atoms with Crippen LogP contribution in [0.2, 0.25) is 0 Å². The first-order valence-electron chi connectivity index (χ1n) is 7.33. The minimum absolute atomic E-state index is 0.0517. The van der Waals surface area contributed by atoms with E-state index in [9.17, 15) is 9.18 Å². The molecule has 1 amide bonds. The lowest BCUT2D eigenvalue weighted by Crippen LogP contribution is -2.28. The smallest absolute Gasteiger partial charge is 0.227 e. The van der Waals surface area contributed by atoms with Gasteiger partial charge in [-0.15, -0.1) is 0 Å². The molecule has 5 heteroatoms. The molecule has 2 aromatic rings. The van der Waals surface area contributed by atoms with Crippen LogP contribution in [0.4, 0.5) is 10.1 Å². The predicted octanol–water partition coefficient (Wildman–Crippen LogP) is 4.06. The van der Waals surface area contributed by atoms with Crippen molar-refractivity contribution in [2.24, 2.45) is 5.92 Å². The second kappa shape index (κ2) is 6.13. The third-order valence-electron chi connectivity index (χ3n) is 3.83. The third kappa shape index (κ3) is 3.24. The maximum absolute atomic E-state index is 13.2. The van der Waals surface area contributed by atoms with E-state index in [1.165, 1.54) is 6.07 Å². The van der Waals surface area contributed by atoms with Gasteiger partial charge in [0.25, 0.3) is 0 Å². The summed E-state index contributed by atoms with van der Waals surface area (Å²) in [6, 6.07) is 7.95. The van der Waals surface area contributed by atoms with E-state index in [2.05, 4.69) is 10.3 Å². The van der Waals surface area contributed by atoms with Crippen LogP contribution in [0.5, 0.6) is 11.6 Å². The summed E-state index contributed by atoms with van der Waals surface area (Å²) in [5.74, 6) is 0.841. The number of benzene rings is 1. The Morgan fingerprint density at radius 1 is 1.32 bits per heavy atom. The molecule has 114 valence electrons. The number of hydrogen-bond acceptors (Lipinski definition) is 3. The molecule has 1 heterocycles. The molecule has 1 aromatic heterocycles. The van der Waals surface area contributed by atoms with E-state index in [-0.39, 0.29) is 17.6 Å². The van der Waals surface area contributed by atoms with E-state index in [4.69, 9.17) is 4.74 Å². The van der Waals surface area contributed by atoms with Gasteiger partial charge in [-0.1, -0.05) is 6.42 Å². The van der Waals surface area contributed by atoms with Gasteiger partial charge in [-0.3, -0.25) is 4.79 Å². The zero-order valence-electron chi connectivity index (χ0n) is 12.3. The predicted molar refractivity (Wildman–Crippen MR) is 81.4 cm³/mol. The second-order valence-electron chi connectivity index (χ2n) is 5.52. The number of amides is 1. The van der Waals surface area contributed by atoms with Gasteiger partial charge < -0.3 is 10.1 Å². The number of carbonyl (C=O) groups is 1. The Kier molecular flexibility index (Phi) is 4.04. The molecule has 1 N–H and O–H groups in total. The first kappa shape index (κ1) is 14.5. The fourth-order valence-electron chi connectivity index (χ4n) is 2.23. The highest BCUT2D eigenvalue weighted by atomic mass is 19.1. The van der Waals surface area contributed by atoms with Crippen LogP contribution in [0.1, 0.15) is 24.8 Å². The number of nitrogens with zero attached hydrogens (tertiary/aromatic N) is 1. The van der Waals surface area contributed by atoms with Crippen molar-refractivity contribution in [3.8, 4) is 11.6 Å². The Balaban J connectivity index is 1.63. The van der Waals surface area contributed by atoms with Gasteiger partial charge in [0, 0.05) is 12.0 Å². The molecule has 0 bridgehead atoms. The topological polar surface area (TPSA) is 51.2 Å². The van der Waals surface area contributed by atoms with Crippen molar-refractivity contribution in [1.29, 1.82) is 0 Å². The van der Waals surface area contributed by atoms with Crippen LogP contribution in [0.15, 0.2) is 36.5 Å². The summed E-state index contributed by atoms with van der Waals surface area (Å²) >= 11 is 0. The molecular formula is C17H17FN2O2. The van der Waals surface area contributed by atoms with Gasteiger partial charge in [-0.05, 0) is 49.6 Å². The largest absolute Gasteiger partial charge is 0.439 e. The molecule has 0 aliphatic heterocycles. The van der Waals surface area contributed by atoms with Crippen LogP contribution >= 0.6 is 0 Å². The van der Waals surface area contributed by atoms with Crippen molar-refractivity contribution in [1.82, 2.24) is 4.98 Å². The number of halogens is 1. The van der Waals surface area contributed by atoms with E-state index < -0.39 is 0 Å². The fourth-order valence-corrected chi connectivity index (χ4v) is 2.23. The average Bonchev–Trinajstić information content (AvgIpc) is 2.43. The molecule has 22 heavy (non-hydrogen) atoms. The molecule has 0 saturated heterocycles. The van der Waals surface area contributed by atoms with Gasteiger partial charge in [0.05, 0.1) is 11.9 Å². The summed E-state index contributed by atoms with van der Waals surface area (Å²) in [7, 11) is 0. The Morgan fingerprint density at radius 2 is 2.14 bits per heavy atom. The molecule has 1 aromatic carbocycles. The van der Waals surface area contributed by atoms with Crippen molar-refractivity contribution in [2.75, 3.05) is 5.32 Å². The highest BCUT2D eigenvalue weighted by Gasteiger charge is 2.25. The summed E-state index contributed by atoms with van der Waals surface area (Å²) in [5.41, 5.74) is 1.17. The quantitative estimate of drug-likeness (QED) is 0.926. The number of aryl methyl sites for hydroxylation is 1. The summed E-state index contributed by atoms with van der Waals surface area (Å²) in [6.07, 6.45) is 4.61. The summed E-state index contributed by atoms with van der Waals surface area (Å²) < 4.78 is 18.8. The molecule has 1 saturated carbocycles. The van der Waals surface area contributed by atoms with E-state index in [1.54, 1.807) is 37.4 Å². The van der Waals surface area contributed by atoms with Crippen molar-refractivity contribution in [3.05, 3.63) is 47.9 Å².